The van der Waals surface area contributed by atoms with Gasteiger partial charge in [-0.15, -0.1) is 0 Å². The molecule has 66 valence electrons. The van der Waals surface area contributed by atoms with E-state index in [1.807, 2.05) is 0 Å². The summed E-state index contributed by atoms with van der Waals surface area (Å²) in [5, 5.41) is 0. The minimum absolute atomic E-state index is 0.290. The van der Waals surface area contributed by atoms with Gasteiger partial charge in [0.1, 0.15) is 10.5 Å². The van der Waals surface area contributed by atoms with Gasteiger partial charge < -0.3 is 4.43 Å². The van der Waals surface area contributed by atoms with Gasteiger partial charge in [-0.25, -0.2) is 0 Å². The summed E-state index contributed by atoms with van der Waals surface area (Å²) in [6.45, 7) is 8.30. The number of unbranched alkanes of at least 4 members (excludes halogenated alkanes) is 2. The molecule has 0 spiro atoms. The van der Waals surface area contributed by atoms with Crippen LogP contribution < -0.4 is 0 Å². The van der Waals surface area contributed by atoms with Crippen LogP contribution in [-0.2, 0) is 4.43 Å². The zero-order valence-electron chi connectivity index (χ0n) is 8.02. The van der Waals surface area contributed by atoms with Gasteiger partial charge in [0.15, 0.2) is 0 Å². The fourth-order valence-electron chi connectivity index (χ4n) is 0.972. The molecule has 0 aliphatic heterocycles. The lowest BCUT2D eigenvalue weighted by Gasteiger charge is -2.12. The first-order chi connectivity index (χ1) is 5.22. The molecular formula is C9H20OSi. The molecule has 1 unspecified atom stereocenters. The van der Waals surface area contributed by atoms with E-state index in [-0.39, 0.29) is 0 Å². The second kappa shape index (κ2) is 6.62. The summed E-state index contributed by atoms with van der Waals surface area (Å²) < 4.78 is 5.28. The highest BCUT2D eigenvalue weighted by molar-refractivity contribution is 5.98. The van der Waals surface area contributed by atoms with Gasteiger partial charge in [-0.1, -0.05) is 31.9 Å². The van der Waals surface area contributed by atoms with Crippen LogP contribution in [0.2, 0.25) is 0 Å². The van der Waals surface area contributed by atoms with Crippen LogP contribution in [0.5, 0.6) is 0 Å². The van der Waals surface area contributed by atoms with Crippen molar-refractivity contribution in [3.63, 3.8) is 0 Å². The van der Waals surface area contributed by atoms with Crippen molar-refractivity contribution in [1.82, 2.24) is 0 Å². The lowest BCUT2D eigenvalue weighted by molar-refractivity contribution is 0.278. The Balaban J connectivity index is 3.36. The topological polar surface area (TPSA) is 9.23 Å². The summed E-state index contributed by atoms with van der Waals surface area (Å²) >= 11 is 0. The summed E-state index contributed by atoms with van der Waals surface area (Å²) in [5.74, 6) is 0. The predicted molar refractivity (Wildman–Crippen MR) is 53.8 cm³/mol. The normalized spacial score (nSPS) is 13.3. The van der Waals surface area contributed by atoms with E-state index in [2.05, 4.69) is 20.4 Å². The third-order valence-corrected chi connectivity index (χ3v) is 2.74. The average molecular weight is 172 g/mol. The van der Waals surface area contributed by atoms with E-state index >= 15 is 0 Å². The highest BCUT2D eigenvalue weighted by atomic mass is 28.2. The van der Waals surface area contributed by atoms with Crippen molar-refractivity contribution >= 4 is 10.5 Å². The number of rotatable bonds is 6. The Morgan fingerprint density at radius 3 is 2.64 bits per heavy atom. The van der Waals surface area contributed by atoms with Crippen LogP contribution in [0.1, 0.15) is 39.5 Å². The molecule has 0 aromatic rings. The SMILES string of the molecule is C=C(CCCCC)C(C)O[SiH3]. The zero-order chi connectivity index (χ0) is 8.69. The summed E-state index contributed by atoms with van der Waals surface area (Å²) in [7, 11) is 0.819. The van der Waals surface area contributed by atoms with Crippen LogP contribution in [-0.4, -0.2) is 16.6 Å². The fourth-order valence-corrected chi connectivity index (χ4v) is 1.31. The first-order valence-electron chi connectivity index (χ1n) is 4.42. The van der Waals surface area contributed by atoms with E-state index in [0.717, 1.165) is 16.9 Å². The minimum atomic E-state index is 0.290. The fraction of sp³-hybridized carbons (Fsp3) is 0.778. The van der Waals surface area contributed by atoms with E-state index in [1.165, 1.54) is 24.8 Å². The predicted octanol–water partition coefficient (Wildman–Crippen LogP) is 1.81. The van der Waals surface area contributed by atoms with Crippen molar-refractivity contribution < 1.29 is 4.43 Å². The van der Waals surface area contributed by atoms with Gasteiger partial charge in [0.05, 0.1) is 6.10 Å². The van der Waals surface area contributed by atoms with Crippen molar-refractivity contribution in [2.24, 2.45) is 0 Å². The standard InChI is InChI=1S/C9H20OSi/c1-4-5-6-7-8(2)9(3)10-11/h9H,2,4-7H2,1,3,11H3. The van der Waals surface area contributed by atoms with Crippen molar-refractivity contribution in [2.45, 2.75) is 45.6 Å². The van der Waals surface area contributed by atoms with Crippen LogP contribution in [0.4, 0.5) is 0 Å². The highest BCUT2D eigenvalue weighted by Gasteiger charge is 2.02. The third kappa shape index (κ3) is 5.22. The molecule has 2 heteroatoms. The average Bonchev–Trinajstić information content (AvgIpc) is 2.03. The maximum absolute atomic E-state index is 5.28. The summed E-state index contributed by atoms with van der Waals surface area (Å²) in [5.41, 5.74) is 1.26. The molecule has 0 aromatic carbocycles. The van der Waals surface area contributed by atoms with Crippen LogP contribution in [0, 0.1) is 0 Å². The molecule has 0 bridgehead atoms. The Hall–Kier alpha value is -0.0831. The van der Waals surface area contributed by atoms with Gasteiger partial charge in [-0.2, -0.15) is 0 Å². The minimum Gasteiger partial charge on any atom is -0.422 e. The van der Waals surface area contributed by atoms with E-state index in [1.54, 1.807) is 0 Å². The molecule has 0 saturated carbocycles. The van der Waals surface area contributed by atoms with Gasteiger partial charge in [0, 0.05) is 0 Å². The molecule has 1 atom stereocenters. The molecule has 0 aliphatic carbocycles. The molecule has 11 heavy (non-hydrogen) atoms. The number of hydrogen-bond donors (Lipinski definition) is 0. The van der Waals surface area contributed by atoms with E-state index < -0.39 is 0 Å². The van der Waals surface area contributed by atoms with Gasteiger partial charge in [0.25, 0.3) is 0 Å². The molecule has 0 aromatic heterocycles. The molecule has 0 saturated heterocycles. The second-order valence-electron chi connectivity index (χ2n) is 2.99. The van der Waals surface area contributed by atoms with Gasteiger partial charge in [-0.05, 0) is 19.8 Å². The first-order valence-corrected chi connectivity index (χ1v) is 5.24. The van der Waals surface area contributed by atoms with Crippen LogP contribution in [0.15, 0.2) is 12.2 Å². The molecule has 0 heterocycles. The van der Waals surface area contributed by atoms with E-state index in [4.69, 9.17) is 4.43 Å². The third-order valence-electron chi connectivity index (χ3n) is 2.03. The molecule has 0 aliphatic rings. The maximum Gasteiger partial charge on any atom is 0.146 e. The maximum atomic E-state index is 5.28. The Bertz CT molecular complexity index is 112. The Morgan fingerprint density at radius 2 is 2.18 bits per heavy atom. The Morgan fingerprint density at radius 1 is 1.55 bits per heavy atom. The summed E-state index contributed by atoms with van der Waals surface area (Å²) in [4.78, 5) is 0. The van der Waals surface area contributed by atoms with Crippen molar-refractivity contribution in [3.05, 3.63) is 12.2 Å². The molecule has 0 N–H and O–H groups in total. The molecule has 0 rings (SSSR count). The first kappa shape index (κ1) is 10.9. The monoisotopic (exact) mass is 172 g/mol. The van der Waals surface area contributed by atoms with Gasteiger partial charge >= 0.3 is 0 Å². The molecule has 0 amide bonds. The number of hydrogen-bond acceptors (Lipinski definition) is 1. The zero-order valence-corrected chi connectivity index (χ0v) is 10.0. The lowest BCUT2D eigenvalue weighted by atomic mass is 10.1. The van der Waals surface area contributed by atoms with Gasteiger partial charge in [-0.3, -0.25) is 0 Å². The van der Waals surface area contributed by atoms with Crippen molar-refractivity contribution in [3.8, 4) is 0 Å². The Labute approximate surface area is 73.4 Å². The molecule has 0 fully saturated rings. The van der Waals surface area contributed by atoms with E-state index in [0.29, 0.717) is 6.10 Å². The second-order valence-corrected chi connectivity index (χ2v) is 3.46. The quantitative estimate of drug-likeness (QED) is 0.337. The van der Waals surface area contributed by atoms with Crippen molar-refractivity contribution in [1.29, 1.82) is 0 Å². The van der Waals surface area contributed by atoms with Crippen LogP contribution in [0.25, 0.3) is 0 Å². The molecule has 0 radical (unpaired) electrons. The largest absolute Gasteiger partial charge is 0.422 e. The smallest absolute Gasteiger partial charge is 0.146 e. The van der Waals surface area contributed by atoms with Crippen molar-refractivity contribution in [2.75, 3.05) is 0 Å². The lowest BCUT2D eigenvalue weighted by Crippen LogP contribution is -2.08. The van der Waals surface area contributed by atoms with Crippen LogP contribution in [0.3, 0.4) is 0 Å². The summed E-state index contributed by atoms with van der Waals surface area (Å²) in [6, 6.07) is 0. The van der Waals surface area contributed by atoms with Gasteiger partial charge in [0.2, 0.25) is 0 Å². The summed E-state index contributed by atoms with van der Waals surface area (Å²) in [6.07, 6.45) is 5.29. The molecular weight excluding hydrogens is 152 g/mol. The van der Waals surface area contributed by atoms with Crippen LogP contribution >= 0.6 is 0 Å². The Kier molecular flexibility index (Phi) is 6.57. The van der Waals surface area contributed by atoms with E-state index in [9.17, 15) is 0 Å². The highest BCUT2D eigenvalue weighted by Crippen LogP contribution is 2.12. The molecule has 1 nitrogen and oxygen atoms in total.